The summed E-state index contributed by atoms with van der Waals surface area (Å²) in [5, 5.41) is 9.99. The predicted molar refractivity (Wildman–Crippen MR) is 118 cm³/mol. The molecule has 1 fully saturated rings. The highest BCUT2D eigenvalue weighted by atomic mass is 32.2. The molecule has 3 aromatic rings. The number of nitrogens with zero attached hydrogens (tertiary/aromatic N) is 3. The van der Waals surface area contributed by atoms with E-state index in [1.807, 2.05) is 0 Å². The Morgan fingerprint density at radius 2 is 1.76 bits per heavy atom. The molecule has 1 N–H and O–H groups in total. The van der Waals surface area contributed by atoms with Crippen LogP contribution in [-0.4, -0.2) is 47.7 Å². The van der Waals surface area contributed by atoms with E-state index in [2.05, 4.69) is 15.5 Å². The third kappa shape index (κ3) is 5.40. The van der Waals surface area contributed by atoms with Gasteiger partial charge in [0.25, 0.3) is 5.22 Å². The van der Waals surface area contributed by atoms with Gasteiger partial charge in [-0.15, -0.1) is 10.2 Å². The summed E-state index contributed by atoms with van der Waals surface area (Å²) in [5.41, 5.74) is -0.105. The first kappa shape index (κ1) is 23.3. The van der Waals surface area contributed by atoms with Gasteiger partial charge in [0.1, 0.15) is 17.3 Å². The fourth-order valence-electron chi connectivity index (χ4n) is 3.35. The number of halogens is 2. The fourth-order valence-corrected chi connectivity index (χ4v) is 5.48. The normalized spacial score (nSPS) is 14.8. The summed E-state index contributed by atoms with van der Waals surface area (Å²) < 4.78 is 60.1. The minimum atomic E-state index is -3.62. The fraction of sp³-hybridized carbons (Fsp3) is 0.286. The smallest absolute Gasteiger partial charge is 0.277 e. The summed E-state index contributed by atoms with van der Waals surface area (Å²) in [5.74, 6) is -2.55. The van der Waals surface area contributed by atoms with Gasteiger partial charge >= 0.3 is 0 Å². The third-order valence-electron chi connectivity index (χ3n) is 4.99. The van der Waals surface area contributed by atoms with Crippen molar-refractivity contribution < 1.29 is 26.4 Å². The van der Waals surface area contributed by atoms with Crippen molar-refractivity contribution in [2.75, 3.05) is 24.2 Å². The molecule has 174 valence electrons. The van der Waals surface area contributed by atoms with E-state index in [4.69, 9.17) is 4.42 Å². The molecule has 8 nitrogen and oxygen atoms in total. The summed E-state index contributed by atoms with van der Waals surface area (Å²) in [6.45, 7) is 0.986. The lowest BCUT2D eigenvalue weighted by molar-refractivity contribution is -0.113. The second-order valence-electron chi connectivity index (χ2n) is 7.30. The molecule has 4 rings (SSSR count). The zero-order valence-electron chi connectivity index (χ0n) is 17.3. The molecule has 0 radical (unpaired) electrons. The highest BCUT2D eigenvalue weighted by Gasteiger charge is 2.26. The molecule has 0 saturated carbocycles. The first-order chi connectivity index (χ1) is 15.8. The number of sulfonamides is 1. The molecule has 1 aromatic heterocycles. The number of rotatable bonds is 7. The molecule has 0 unspecified atom stereocenters. The number of anilines is 1. The second kappa shape index (κ2) is 9.98. The number of aromatic nitrogens is 2. The molecule has 1 amide bonds. The Hall–Kier alpha value is -2.83. The van der Waals surface area contributed by atoms with Crippen LogP contribution < -0.4 is 5.32 Å². The summed E-state index contributed by atoms with van der Waals surface area (Å²) >= 11 is 0.884. The maximum absolute atomic E-state index is 13.7. The maximum Gasteiger partial charge on any atom is 0.277 e. The Morgan fingerprint density at radius 3 is 2.48 bits per heavy atom. The van der Waals surface area contributed by atoms with Gasteiger partial charge in [0.2, 0.25) is 21.8 Å². The summed E-state index contributed by atoms with van der Waals surface area (Å²) in [7, 11) is -3.62. The highest BCUT2D eigenvalue weighted by molar-refractivity contribution is 7.99. The van der Waals surface area contributed by atoms with Crippen molar-refractivity contribution in [2.45, 2.75) is 29.4 Å². The quantitative estimate of drug-likeness (QED) is 0.496. The lowest BCUT2D eigenvalue weighted by Crippen LogP contribution is -2.35. The van der Waals surface area contributed by atoms with Crippen LogP contribution in [0.1, 0.15) is 19.3 Å². The van der Waals surface area contributed by atoms with E-state index in [0.29, 0.717) is 18.7 Å². The van der Waals surface area contributed by atoms with Gasteiger partial charge in [0, 0.05) is 18.7 Å². The second-order valence-corrected chi connectivity index (χ2v) is 10.2. The van der Waals surface area contributed by atoms with E-state index in [0.717, 1.165) is 43.2 Å². The van der Waals surface area contributed by atoms with Crippen LogP contribution >= 0.6 is 11.8 Å². The standard InChI is InChI=1S/C21H20F2N4O4S2/c22-16-8-5-9-17(23)19(16)24-18(28)13-32-21-26-25-20(31-21)14-6-4-7-15(12-14)33(29,30)27-10-2-1-3-11-27/h4-9,12H,1-3,10-11,13H2,(H,24,28). The van der Waals surface area contributed by atoms with Crippen LogP contribution in [0.3, 0.4) is 0 Å². The molecule has 0 bridgehead atoms. The van der Waals surface area contributed by atoms with Crippen LogP contribution in [0, 0.1) is 11.6 Å². The Morgan fingerprint density at radius 1 is 1.06 bits per heavy atom. The number of piperidine rings is 1. The average molecular weight is 495 g/mol. The molecule has 2 heterocycles. The Labute approximate surface area is 193 Å². The molecule has 1 saturated heterocycles. The molecular weight excluding hydrogens is 474 g/mol. The molecule has 12 heteroatoms. The lowest BCUT2D eigenvalue weighted by Gasteiger charge is -2.25. The number of para-hydroxylation sites is 1. The van der Waals surface area contributed by atoms with Crippen LogP contribution in [-0.2, 0) is 14.8 Å². The Balaban J connectivity index is 1.42. The first-order valence-electron chi connectivity index (χ1n) is 10.2. The van der Waals surface area contributed by atoms with Crippen molar-refractivity contribution >= 4 is 33.4 Å². The molecule has 1 aliphatic heterocycles. The number of hydrogen-bond acceptors (Lipinski definition) is 7. The molecule has 33 heavy (non-hydrogen) atoms. The number of carbonyl (C=O) groups excluding carboxylic acids is 1. The van der Waals surface area contributed by atoms with Crippen LogP contribution in [0.15, 0.2) is 57.0 Å². The number of thioether (sulfide) groups is 1. The molecule has 2 aromatic carbocycles. The van der Waals surface area contributed by atoms with Crippen molar-refractivity contribution in [1.82, 2.24) is 14.5 Å². The van der Waals surface area contributed by atoms with Gasteiger partial charge in [-0.3, -0.25) is 4.79 Å². The lowest BCUT2D eigenvalue weighted by atomic mass is 10.2. The van der Waals surface area contributed by atoms with Crippen LogP contribution in [0.2, 0.25) is 0 Å². The summed E-state index contributed by atoms with van der Waals surface area (Å²) in [4.78, 5) is 12.2. The minimum absolute atomic E-state index is 0.0541. The van der Waals surface area contributed by atoms with Gasteiger partial charge in [0.15, 0.2) is 0 Å². The van der Waals surface area contributed by atoms with Crippen molar-refractivity contribution in [2.24, 2.45) is 0 Å². The van der Waals surface area contributed by atoms with E-state index in [-0.39, 0.29) is 21.8 Å². The monoisotopic (exact) mass is 494 g/mol. The van der Waals surface area contributed by atoms with Crippen LogP contribution in [0.5, 0.6) is 0 Å². The SMILES string of the molecule is O=C(CSc1nnc(-c2cccc(S(=O)(=O)N3CCCCC3)c2)o1)Nc1c(F)cccc1F. The zero-order chi connectivity index (χ0) is 23.4. The van der Waals surface area contributed by atoms with Gasteiger partial charge < -0.3 is 9.73 Å². The number of nitrogens with one attached hydrogen (secondary N) is 1. The van der Waals surface area contributed by atoms with Gasteiger partial charge in [0.05, 0.1) is 10.6 Å². The van der Waals surface area contributed by atoms with E-state index in [1.54, 1.807) is 12.1 Å². The van der Waals surface area contributed by atoms with Crippen LogP contribution in [0.4, 0.5) is 14.5 Å². The number of carbonyl (C=O) groups is 1. The third-order valence-corrected chi connectivity index (χ3v) is 7.71. The van der Waals surface area contributed by atoms with E-state index in [1.165, 1.54) is 22.5 Å². The predicted octanol–water partition coefficient (Wildman–Crippen LogP) is 3.92. The van der Waals surface area contributed by atoms with E-state index >= 15 is 0 Å². The average Bonchev–Trinajstić information content (AvgIpc) is 3.30. The van der Waals surface area contributed by atoms with Crippen molar-refractivity contribution in [3.05, 3.63) is 54.1 Å². The first-order valence-corrected chi connectivity index (χ1v) is 12.6. The van der Waals surface area contributed by atoms with Crippen LogP contribution in [0.25, 0.3) is 11.5 Å². The van der Waals surface area contributed by atoms with Crippen molar-refractivity contribution in [3.8, 4) is 11.5 Å². The van der Waals surface area contributed by atoms with Crippen molar-refractivity contribution in [1.29, 1.82) is 0 Å². The molecule has 0 atom stereocenters. The zero-order valence-corrected chi connectivity index (χ0v) is 19.0. The Bertz CT molecular complexity index is 1240. The molecule has 1 aliphatic rings. The van der Waals surface area contributed by atoms with Gasteiger partial charge in [-0.05, 0) is 43.2 Å². The number of amides is 1. The van der Waals surface area contributed by atoms with Gasteiger partial charge in [-0.1, -0.05) is 30.3 Å². The summed E-state index contributed by atoms with van der Waals surface area (Å²) in [6.07, 6.45) is 2.68. The van der Waals surface area contributed by atoms with Crippen molar-refractivity contribution in [3.63, 3.8) is 0 Å². The topological polar surface area (TPSA) is 105 Å². The Kier molecular flexibility index (Phi) is 7.05. The van der Waals surface area contributed by atoms with E-state index < -0.39 is 33.3 Å². The maximum atomic E-state index is 13.7. The highest BCUT2D eigenvalue weighted by Crippen LogP contribution is 2.27. The van der Waals surface area contributed by atoms with Gasteiger partial charge in [-0.2, -0.15) is 4.31 Å². The number of benzene rings is 2. The summed E-state index contributed by atoms with van der Waals surface area (Å²) in [6, 6.07) is 9.50. The van der Waals surface area contributed by atoms with Gasteiger partial charge in [-0.25, -0.2) is 17.2 Å². The minimum Gasteiger partial charge on any atom is -0.411 e. The molecule has 0 aliphatic carbocycles. The molecular formula is C21H20F2N4O4S2. The largest absolute Gasteiger partial charge is 0.411 e. The van der Waals surface area contributed by atoms with E-state index in [9.17, 15) is 22.0 Å². The molecule has 0 spiro atoms. The number of hydrogen-bond donors (Lipinski definition) is 1.